The van der Waals surface area contributed by atoms with E-state index in [2.05, 4.69) is 10.6 Å². The van der Waals surface area contributed by atoms with Crippen LogP contribution in [0, 0.1) is 11.8 Å². The predicted molar refractivity (Wildman–Crippen MR) is 99.9 cm³/mol. The van der Waals surface area contributed by atoms with Gasteiger partial charge in [-0.2, -0.15) is 0 Å². The molecule has 1 aromatic heterocycles. The lowest BCUT2D eigenvalue weighted by atomic mass is 9.92. The number of hydrogen-bond donors (Lipinski definition) is 2. The molecule has 1 aliphatic heterocycles. The molecule has 0 saturated carbocycles. The molecule has 2 amide bonds. The smallest absolute Gasteiger partial charge is 0.287 e. The molecule has 0 spiro atoms. The maximum absolute atomic E-state index is 12.8. The molecule has 142 valence electrons. The number of halogens is 1. The molecule has 2 N–H and O–H groups in total. The molecule has 1 aromatic rings. The maximum atomic E-state index is 12.8. The van der Waals surface area contributed by atoms with Crippen LogP contribution in [-0.2, 0) is 4.79 Å². The third-order valence-corrected chi connectivity index (χ3v) is 4.69. The van der Waals surface area contributed by atoms with Crippen LogP contribution >= 0.6 is 12.4 Å². The summed E-state index contributed by atoms with van der Waals surface area (Å²) in [4.78, 5) is 26.9. The fourth-order valence-electron chi connectivity index (χ4n) is 3.12. The number of carbonyl (C=O) groups is 2. The second-order valence-corrected chi connectivity index (χ2v) is 6.83. The molecule has 1 saturated heterocycles. The van der Waals surface area contributed by atoms with Gasteiger partial charge in [0.15, 0.2) is 5.76 Å². The number of furan rings is 1. The Morgan fingerprint density at radius 3 is 2.52 bits per heavy atom. The van der Waals surface area contributed by atoms with E-state index >= 15 is 0 Å². The van der Waals surface area contributed by atoms with Gasteiger partial charge >= 0.3 is 0 Å². The van der Waals surface area contributed by atoms with E-state index < -0.39 is 6.04 Å². The quantitative estimate of drug-likeness (QED) is 0.771. The zero-order valence-corrected chi connectivity index (χ0v) is 16.1. The summed E-state index contributed by atoms with van der Waals surface area (Å²) in [5.74, 6) is 0.613. The normalized spacial score (nSPS) is 16.4. The molecule has 0 radical (unpaired) electrons. The average molecular weight is 372 g/mol. The van der Waals surface area contributed by atoms with Gasteiger partial charge in [0.1, 0.15) is 6.04 Å². The van der Waals surface area contributed by atoms with Crippen molar-refractivity contribution in [2.45, 2.75) is 39.2 Å². The minimum Gasteiger partial charge on any atom is -0.459 e. The van der Waals surface area contributed by atoms with Crippen LogP contribution in [-0.4, -0.2) is 49.4 Å². The lowest BCUT2D eigenvalue weighted by molar-refractivity contribution is -0.135. The molecule has 1 unspecified atom stereocenters. The van der Waals surface area contributed by atoms with Crippen molar-refractivity contribution in [3.8, 4) is 0 Å². The SMILES string of the molecule is CNCCC1CCN(C(=O)C(NC(=O)c2ccco2)C(C)C)CC1.Cl. The molecule has 7 heteroatoms. The largest absolute Gasteiger partial charge is 0.459 e. The topological polar surface area (TPSA) is 74.6 Å². The molecule has 2 rings (SSSR count). The van der Waals surface area contributed by atoms with E-state index in [1.165, 1.54) is 6.26 Å². The standard InChI is InChI=1S/C18H29N3O3.ClH/c1-13(2)16(20-17(22)15-5-4-12-24-15)18(23)21-10-7-14(8-11-21)6-9-19-3;/h4-5,12-14,16,19H,6-11H2,1-3H3,(H,20,22);1H. The summed E-state index contributed by atoms with van der Waals surface area (Å²) < 4.78 is 5.11. The van der Waals surface area contributed by atoms with Gasteiger partial charge in [0.05, 0.1) is 6.26 Å². The van der Waals surface area contributed by atoms with E-state index in [4.69, 9.17) is 4.42 Å². The molecule has 1 aliphatic rings. The van der Waals surface area contributed by atoms with Crippen LogP contribution in [0.25, 0.3) is 0 Å². The van der Waals surface area contributed by atoms with Gasteiger partial charge in [-0.1, -0.05) is 13.8 Å². The van der Waals surface area contributed by atoms with Crippen molar-refractivity contribution in [3.63, 3.8) is 0 Å². The Bertz CT molecular complexity index is 526. The fourth-order valence-corrected chi connectivity index (χ4v) is 3.12. The van der Waals surface area contributed by atoms with Gasteiger partial charge in [-0.25, -0.2) is 0 Å². The number of nitrogens with one attached hydrogen (secondary N) is 2. The number of rotatable bonds is 7. The van der Waals surface area contributed by atoms with E-state index in [-0.39, 0.29) is 35.9 Å². The van der Waals surface area contributed by atoms with E-state index in [0.717, 1.165) is 38.9 Å². The summed E-state index contributed by atoms with van der Waals surface area (Å²) >= 11 is 0. The summed E-state index contributed by atoms with van der Waals surface area (Å²) in [7, 11) is 1.97. The summed E-state index contributed by atoms with van der Waals surface area (Å²) in [5.41, 5.74) is 0. The van der Waals surface area contributed by atoms with Crippen LogP contribution in [0.4, 0.5) is 0 Å². The maximum Gasteiger partial charge on any atom is 0.287 e. The highest BCUT2D eigenvalue weighted by Gasteiger charge is 2.31. The molecule has 25 heavy (non-hydrogen) atoms. The summed E-state index contributed by atoms with van der Waals surface area (Å²) in [5, 5.41) is 6.01. The lowest BCUT2D eigenvalue weighted by Crippen LogP contribution is -2.53. The molecule has 0 bridgehead atoms. The second kappa shape index (κ2) is 10.5. The first-order valence-electron chi connectivity index (χ1n) is 8.80. The molecular formula is C18H30ClN3O3. The highest BCUT2D eigenvalue weighted by molar-refractivity contribution is 5.95. The number of hydrogen-bond acceptors (Lipinski definition) is 4. The molecular weight excluding hydrogens is 342 g/mol. The highest BCUT2D eigenvalue weighted by Crippen LogP contribution is 2.21. The van der Waals surface area contributed by atoms with Gasteiger partial charge in [-0.05, 0) is 56.8 Å². The third kappa shape index (κ3) is 6.04. The van der Waals surface area contributed by atoms with Crippen molar-refractivity contribution in [2.75, 3.05) is 26.7 Å². The zero-order valence-electron chi connectivity index (χ0n) is 15.3. The van der Waals surface area contributed by atoms with Crippen LogP contribution < -0.4 is 10.6 Å². The van der Waals surface area contributed by atoms with Gasteiger partial charge < -0.3 is 20.0 Å². The first kappa shape index (κ1) is 21.5. The average Bonchev–Trinajstić information content (AvgIpc) is 3.12. The van der Waals surface area contributed by atoms with E-state index in [0.29, 0.717) is 5.92 Å². The van der Waals surface area contributed by atoms with Crippen molar-refractivity contribution in [2.24, 2.45) is 11.8 Å². The third-order valence-electron chi connectivity index (χ3n) is 4.69. The Hall–Kier alpha value is -1.53. The predicted octanol–water partition coefficient (Wildman–Crippen LogP) is 2.30. The zero-order chi connectivity index (χ0) is 17.5. The molecule has 6 nitrogen and oxygen atoms in total. The van der Waals surface area contributed by atoms with Crippen LogP contribution in [0.5, 0.6) is 0 Å². The van der Waals surface area contributed by atoms with Crippen molar-refractivity contribution in [1.82, 2.24) is 15.5 Å². The van der Waals surface area contributed by atoms with Gasteiger partial charge in [-0.3, -0.25) is 9.59 Å². The van der Waals surface area contributed by atoms with Crippen molar-refractivity contribution < 1.29 is 14.0 Å². The highest BCUT2D eigenvalue weighted by atomic mass is 35.5. The van der Waals surface area contributed by atoms with Crippen LogP contribution in [0.15, 0.2) is 22.8 Å². The fraction of sp³-hybridized carbons (Fsp3) is 0.667. The van der Waals surface area contributed by atoms with E-state index in [9.17, 15) is 9.59 Å². The van der Waals surface area contributed by atoms with Gasteiger partial charge in [0, 0.05) is 13.1 Å². The van der Waals surface area contributed by atoms with Crippen molar-refractivity contribution in [3.05, 3.63) is 24.2 Å². The minimum atomic E-state index is -0.517. The number of nitrogens with zero attached hydrogens (tertiary/aromatic N) is 1. The van der Waals surface area contributed by atoms with Gasteiger partial charge in [-0.15, -0.1) is 12.4 Å². The molecule has 1 atom stereocenters. The molecule has 1 fully saturated rings. The Labute approximate surface area is 156 Å². The van der Waals surface area contributed by atoms with E-state index in [1.54, 1.807) is 12.1 Å². The van der Waals surface area contributed by atoms with Gasteiger partial charge in [0.25, 0.3) is 5.91 Å². The Kier molecular flexibility index (Phi) is 9.00. The Balaban J connectivity index is 0.00000312. The van der Waals surface area contributed by atoms with Crippen LogP contribution in [0.2, 0.25) is 0 Å². The molecule has 2 heterocycles. The monoisotopic (exact) mass is 371 g/mol. The van der Waals surface area contributed by atoms with Gasteiger partial charge in [0.2, 0.25) is 5.91 Å². The molecule has 0 aliphatic carbocycles. The molecule has 0 aromatic carbocycles. The number of piperidine rings is 1. The van der Waals surface area contributed by atoms with Crippen molar-refractivity contribution >= 4 is 24.2 Å². The minimum absolute atomic E-state index is 0. The number of carbonyl (C=O) groups excluding carboxylic acids is 2. The number of likely N-dealkylation sites (tertiary alicyclic amines) is 1. The van der Waals surface area contributed by atoms with Crippen molar-refractivity contribution in [1.29, 1.82) is 0 Å². The lowest BCUT2D eigenvalue weighted by Gasteiger charge is -2.35. The number of amides is 2. The first-order valence-corrected chi connectivity index (χ1v) is 8.80. The Morgan fingerprint density at radius 1 is 1.32 bits per heavy atom. The Morgan fingerprint density at radius 2 is 2.00 bits per heavy atom. The van der Waals surface area contributed by atoms with Crippen LogP contribution in [0.3, 0.4) is 0 Å². The van der Waals surface area contributed by atoms with Crippen LogP contribution in [0.1, 0.15) is 43.7 Å². The van der Waals surface area contributed by atoms with E-state index in [1.807, 2.05) is 25.8 Å². The summed E-state index contributed by atoms with van der Waals surface area (Å²) in [6, 6.07) is 2.75. The first-order chi connectivity index (χ1) is 11.5. The summed E-state index contributed by atoms with van der Waals surface area (Å²) in [6.07, 6.45) is 4.67. The second-order valence-electron chi connectivity index (χ2n) is 6.83. The summed E-state index contributed by atoms with van der Waals surface area (Å²) in [6.45, 7) is 6.46.